The molecule has 0 radical (unpaired) electrons. The first kappa shape index (κ1) is 28.8. The van der Waals surface area contributed by atoms with Crippen molar-refractivity contribution in [3.05, 3.63) is 143 Å². The number of aliphatic hydroxyl groups is 1. The zero-order chi connectivity index (χ0) is 30.2. The molecule has 2 aromatic heterocycles. The quantitative estimate of drug-likeness (QED) is 0.183. The van der Waals surface area contributed by atoms with Gasteiger partial charge in [-0.25, -0.2) is 0 Å². The van der Waals surface area contributed by atoms with E-state index in [1.54, 1.807) is 22.9 Å². The van der Waals surface area contributed by atoms with Crippen LogP contribution in [0.3, 0.4) is 0 Å². The van der Waals surface area contributed by atoms with Crippen LogP contribution in [0.1, 0.15) is 16.7 Å². The predicted octanol–water partition coefficient (Wildman–Crippen LogP) is 8.09. The molecule has 8 heteroatoms. The van der Waals surface area contributed by atoms with E-state index in [4.69, 9.17) is 27.3 Å². The summed E-state index contributed by atoms with van der Waals surface area (Å²) in [5.74, 6) is 1.95. The highest BCUT2D eigenvalue weighted by Crippen LogP contribution is 2.32. The number of aliphatic hydroxyl groups excluding tert-OH is 1. The van der Waals surface area contributed by atoms with Crippen molar-refractivity contribution in [1.82, 2.24) is 9.55 Å². The summed E-state index contributed by atoms with van der Waals surface area (Å²) in [4.78, 5) is 2.95. The number of nitrogen functional groups attached to an aromatic ring is 1. The Kier molecular flexibility index (Phi) is 8.90. The Bertz CT molecular complexity index is 1910. The van der Waals surface area contributed by atoms with E-state index >= 15 is 0 Å². The molecule has 7 nitrogen and oxygen atoms in total. The van der Waals surface area contributed by atoms with Gasteiger partial charge >= 0.3 is 0 Å². The molecule has 43 heavy (non-hydrogen) atoms. The molecular weight excluding hydrogens is 558 g/mol. The van der Waals surface area contributed by atoms with Gasteiger partial charge in [0.25, 0.3) is 0 Å². The first-order valence-corrected chi connectivity index (χ1v) is 13.7. The van der Waals surface area contributed by atoms with Crippen LogP contribution in [-0.4, -0.2) is 14.7 Å². The van der Waals surface area contributed by atoms with E-state index in [-0.39, 0.29) is 6.61 Å². The van der Waals surface area contributed by atoms with Gasteiger partial charge in [-0.15, -0.1) is 0 Å². The number of nitriles is 2. The Morgan fingerprint density at radius 3 is 2.14 bits per heavy atom. The number of halogens is 1. The number of hydrogen-bond donors (Lipinski definition) is 3. The molecule has 0 unspecified atom stereocenters. The molecular formula is C35H26ClN5O2. The Morgan fingerprint density at radius 2 is 1.47 bits per heavy atom. The van der Waals surface area contributed by atoms with Crippen molar-refractivity contribution in [3.63, 3.8) is 0 Å². The summed E-state index contributed by atoms with van der Waals surface area (Å²) < 4.78 is 7.49. The summed E-state index contributed by atoms with van der Waals surface area (Å²) in [6, 6.07) is 36.3. The molecule has 0 saturated heterocycles. The first-order chi connectivity index (χ1) is 21.0. The van der Waals surface area contributed by atoms with E-state index in [0.717, 1.165) is 45.0 Å². The second-order valence-electron chi connectivity index (χ2n) is 9.45. The molecule has 2 heterocycles. The number of para-hydroxylation sites is 1. The van der Waals surface area contributed by atoms with Gasteiger partial charge in [0, 0.05) is 40.4 Å². The van der Waals surface area contributed by atoms with Gasteiger partial charge in [0.1, 0.15) is 35.0 Å². The van der Waals surface area contributed by atoms with Gasteiger partial charge in [0.05, 0.1) is 12.2 Å². The summed E-state index contributed by atoms with van der Waals surface area (Å²) in [6.45, 7) is -0.0514. The highest BCUT2D eigenvalue weighted by atomic mass is 35.5. The van der Waals surface area contributed by atoms with E-state index in [1.807, 2.05) is 103 Å². The zero-order valence-electron chi connectivity index (χ0n) is 22.9. The van der Waals surface area contributed by atoms with Crippen molar-refractivity contribution >= 4 is 17.4 Å². The summed E-state index contributed by atoms with van der Waals surface area (Å²) in [7, 11) is 0. The summed E-state index contributed by atoms with van der Waals surface area (Å²) >= 11 is 5.92. The van der Waals surface area contributed by atoms with Crippen LogP contribution in [0.15, 0.2) is 122 Å². The average Bonchev–Trinajstić information content (AvgIpc) is 3.67. The van der Waals surface area contributed by atoms with E-state index in [1.165, 1.54) is 0 Å². The van der Waals surface area contributed by atoms with Crippen LogP contribution >= 0.6 is 11.6 Å². The van der Waals surface area contributed by atoms with Gasteiger partial charge in [-0.3, -0.25) is 0 Å². The number of H-pyrrole nitrogens is 1. The molecule has 6 rings (SSSR count). The second-order valence-corrected chi connectivity index (χ2v) is 9.89. The fourth-order valence-corrected chi connectivity index (χ4v) is 4.65. The Labute approximate surface area is 254 Å². The Hall–Kier alpha value is -5.73. The molecule has 0 aliphatic heterocycles. The van der Waals surface area contributed by atoms with Gasteiger partial charge in [0.15, 0.2) is 0 Å². The molecule has 0 fully saturated rings. The summed E-state index contributed by atoms with van der Waals surface area (Å²) in [5, 5.41) is 28.4. The lowest BCUT2D eigenvalue weighted by Gasteiger charge is -2.07. The third-order valence-electron chi connectivity index (χ3n) is 6.69. The van der Waals surface area contributed by atoms with Crippen molar-refractivity contribution in [2.45, 2.75) is 6.61 Å². The topological polar surface area (TPSA) is 124 Å². The molecule has 210 valence electrons. The molecule has 6 aromatic rings. The average molecular weight is 584 g/mol. The molecule has 0 spiro atoms. The lowest BCUT2D eigenvalue weighted by molar-refractivity contribution is 0.282. The monoisotopic (exact) mass is 583 g/mol. The molecule has 4 aromatic carbocycles. The lowest BCUT2D eigenvalue weighted by Crippen LogP contribution is -2.00. The smallest absolute Gasteiger partial charge is 0.127 e. The number of aromatic amines is 1. The van der Waals surface area contributed by atoms with Crippen LogP contribution in [0, 0.1) is 22.7 Å². The van der Waals surface area contributed by atoms with E-state index in [2.05, 4.69) is 17.1 Å². The van der Waals surface area contributed by atoms with Crippen LogP contribution in [0.25, 0.3) is 27.9 Å². The van der Waals surface area contributed by atoms with Gasteiger partial charge in [0.2, 0.25) is 0 Å². The van der Waals surface area contributed by atoms with Crippen molar-refractivity contribution < 1.29 is 9.84 Å². The SMILES string of the molecule is N#Cc1c(-c2ccc(Cl)cc2)cn(-c2cccc(CO)c2)c1N.N#Cc1c[nH]cc1-c1ccc(Oc2ccccc2)cc1. The normalized spacial score (nSPS) is 10.2. The van der Waals surface area contributed by atoms with Crippen LogP contribution in [0.4, 0.5) is 5.82 Å². The van der Waals surface area contributed by atoms with Crippen molar-refractivity contribution in [3.8, 4) is 51.6 Å². The second kappa shape index (κ2) is 13.3. The standard InChI is InChI=1S/C18H14ClN3O.C17H12N2O/c19-14-6-4-13(5-7-14)17-10-22(18(21)16(17)9-20)15-3-1-2-12(8-15)11-23;18-10-14-11-19-12-17(14)13-6-8-16(9-7-13)20-15-4-2-1-3-5-15/h1-8,10,23H,11,21H2;1-9,11-12,19H. The van der Waals surface area contributed by atoms with Crippen LogP contribution in [-0.2, 0) is 6.61 Å². The molecule has 0 bridgehead atoms. The minimum absolute atomic E-state index is 0.0514. The maximum atomic E-state index is 9.47. The molecule has 0 saturated carbocycles. The highest BCUT2D eigenvalue weighted by molar-refractivity contribution is 6.30. The van der Waals surface area contributed by atoms with Crippen molar-refractivity contribution in [2.75, 3.05) is 5.73 Å². The largest absolute Gasteiger partial charge is 0.457 e. The number of nitrogens with zero attached hydrogens (tertiary/aromatic N) is 3. The Morgan fingerprint density at radius 1 is 0.791 bits per heavy atom. The third kappa shape index (κ3) is 6.61. The third-order valence-corrected chi connectivity index (χ3v) is 6.94. The number of anilines is 1. The van der Waals surface area contributed by atoms with Gasteiger partial charge in [-0.2, -0.15) is 10.5 Å². The summed E-state index contributed by atoms with van der Waals surface area (Å²) in [5.41, 5.74) is 12.3. The number of nitrogens with one attached hydrogen (secondary N) is 1. The molecule has 0 aliphatic rings. The maximum absolute atomic E-state index is 9.47. The maximum Gasteiger partial charge on any atom is 0.127 e. The Balaban J connectivity index is 0.000000173. The first-order valence-electron chi connectivity index (χ1n) is 13.3. The molecule has 0 aliphatic carbocycles. The molecule has 0 atom stereocenters. The van der Waals surface area contributed by atoms with Gasteiger partial charge in [-0.05, 0) is 65.2 Å². The van der Waals surface area contributed by atoms with E-state index in [0.29, 0.717) is 22.0 Å². The fourth-order valence-electron chi connectivity index (χ4n) is 4.53. The molecule has 4 N–H and O–H groups in total. The fraction of sp³-hybridized carbons (Fsp3) is 0.0286. The minimum Gasteiger partial charge on any atom is -0.457 e. The highest BCUT2D eigenvalue weighted by Gasteiger charge is 2.16. The van der Waals surface area contributed by atoms with Crippen LogP contribution < -0.4 is 10.5 Å². The number of rotatable bonds is 6. The van der Waals surface area contributed by atoms with E-state index in [9.17, 15) is 10.4 Å². The summed E-state index contributed by atoms with van der Waals surface area (Å²) in [6.07, 6.45) is 5.35. The predicted molar refractivity (Wildman–Crippen MR) is 169 cm³/mol. The van der Waals surface area contributed by atoms with Crippen molar-refractivity contribution in [2.24, 2.45) is 0 Å². The molecule has 0 amide bonds. The number of benzene rings is 4. The van der Waals surface area contributed by atoms with Crippen LogP contribution in [0.2, 0.25) is 5.02 Å². The van der Waals surface area contributed by atoms with Gasteiger partial charge in [-0.1, -0.05) is 66.2 Å². The number of hydrogen-bond acceptors (Lipinski definition) is 5. The van der Waals surface area contributed by atoms with Gasteiger partial charge < -0.3 is 25.1 Å². The van der Waals surface area contributed by atoms with E-state index < -0.39 is 0 Å². The van der Waals surface area contributed by atoms with Crippen LogP contribution in [0.5, 0.6) is 11.5 Å². The zero-order valence-corrected chi connectivity index (χ0v) is 23.7. The minimum atomic E-state index is -0.0514. The van der Waals surface area contributed by atoms with Crippen molar-refractivity contribution in [1.29, 1.82) is 10.5 Å². The number of aromatic nitrogens is 2. The number of ether oxygens (including phenoxy) is 1. The lowest BCUT2D eigenvalue weighted by atomic mass is 10.1. The number of nitrogens with two attached hydrogens (primary N) is 1.